The van der Waals surface area contributed by atoms with Gasteiger partial charge in [0.1, 0.15) is 5.82 Å². The second kappa shape index (κ2) is 3.61. The molecule has 0 bridgehead atoms. The molecule has 0 spiro atoms. The molecule has 0 radical (unpaired) electrons. The van der Waals surface area contributed by atoms with Crippen LogP contribution in [0.1, 0.15) is 32.5 Å². The van der Waals surface area contributed by atoms with Gasteiger partial charge in [-0.05, 0) is 5.92 Å². The van der Waals surface area contributed by atoms with Crippen LogP contribution in [0.4, 0.5) is 4.39 Å². The Kier molecular flexibility index (Phi) is 2.74. The second-order valence-electron chi connectivity index (χ2n) is 3.29. The first-order chi connectivity index (χ1) is 5.61. The average Bonchev–Trinajstić information content (AvgIpc) is 2.04. The van der Waals surface area contributed by atoms with Crippen LogP contribution in [-0.4, -0.2) is 9.97 Å². The van der Waals surface area contributed by atoms with Gasteiger partial charge >= 0.3 is 0 Å². The molecule has 1 rings (SSSR count). The lowest BCUT2D eigenvalue weighted by Gasteiger charge is -2.12. The number of aromatic nitrogens is 2. The molecule has 1 heterocycles. The van der Waals surface area contributed by atoms with E-state index < -0.39 is 0 Å². The minimum atomic E-state index is -0.380. The van der Waals surface area contributed by atoms with Crippen LogP contribution in [0.15, 0.2) is 12.4 Å². The highest BCUT2D eigenvalue weighted by Crippen LogP contribution is 2.19. The van der Waals surface area contributed by atoms with Gasteiger partial charge in [-0.2, -0.15) is 0 Å². The minimum Gasteiger partial charge on any atom is -0.238 e. The molecular weight excluding hydrogens is 155 g/mol. The van der Waals surface area contributed by atoms with Crippen LogP contribution in [0.2, 0.25) is 0 Å². The van der Waals surface area contributed by atoms with E-state index in [2.05, 4.69) is 23.8 Å². The summed E-state index contributed by atoms with van der Waals surface area (Å²) in [6.07, 6.45) is 2.42. The third-order valence-corrected chi connectivity index (χ3v) is 2.05. The van der Waals surface area contributed by atoms with E-state index in [4.69, 9.17) is 0 Å². The summed E-state index contributed by atoms with van der Waals surface area (Å²) in [6, 6.07) is 0. The standard InChI is InChI=1S/C9H13FN2/c1-6(2)7(3)9-11-4-8(10)5-12-9/h4-7H,1-3H3/t7-/m0/s1. The number of hydrogen-bond donors (Lipinski definition) is 0. The minimum absolute atomic E-state index is 0.283. The Morgan fingerprint density at radius 3 is 2.08 bits per heavy atom. The number of hydrogen-bond acceptors (Lipinski definition) is 2. The third-order valence-electron chi connectivity index (χ3n) is 2.05. The Morgan fingerprint density at radius 2 is 1.67 bits per heavy atom. The number of nitrogens with zero attached hydrogens (tertiary/aromatic N) is 2. The zero-order valence-electron chi connectivity index (χ0n) is 7.58. The summed E-state index contributed by atoms with van der Waals surface area (Å²) in [7, 11) is 0. The van der Waals surface area contributed by atoms with E-state index in [0.29, 0.717) is 11.7 Å². The predicted octanol–water partition coefficient (Wildman–Crippen LogP) is 2.38. The van der Waals surface area contributed by atoms with E-state index in [9.17, 15) is 4.39 Å². The van der Waals surface area contributed by atoms with Gasteiger partial charge in [-0.25, -0.2) is 14.4 Å². The van der Waals surface area contributed by atoms with E-state index in [1.54, 1.807) is 0 Å². The summed E-state index contributed by atoms with van der Waals surface area (Å²) in [5.74, 6) is 1.10. The molecular formula is C9H13FN2. The first-order valence-electron chi connectivity index (χ1n) is 4.08. The molecule has 0 aliphatic carbocycles. The van der Waals surface area contributed by atoms with Crippen molar-refractivity contribution >= 4 is 0 Å². The van der Waals surface area contributed by atoms with Crippen LogP contribution >= 0.6 is 0 Å². The van der Waals surface area contributed by atoms with Gasteiger partial charge in [0.25, 0.3) is 0 Å². The molecule has 0 unspecified atom stereocenters. The average molecular weight is 168 g/mol. The Balaban J connectivity index is 2.82. The summed E-state index contributed by atoms with van der Waals surface area (Å²) >= 11 is 0. The quantitative estimate of drug-likeness (QED) is 0.677. The largest absolute Gasteiger partial charge is 0.238 e. The molecule has 1 aromatic rings. The van der Waals surface area contributed by atoms with Gasteiger partial charge in [0.15, 0.2) is 5.82 Å². The first-order valence-corrected chi connectivity index (χ1v) is 4.08. The molecule has 1 aromatic heterocycles. The molecule has 0 fully saturated rings. The van der Waals surface area contributed by atoms with Crippen molar-refractivity contribution < 1.29 is 4.39 Å². The van der Waals surface area contributed by atoms with Crippen molar-refractivity contribution in [2.45, 2.75) is 26.7 Å². The maximum absolute atomic E-state index is 12.4. The van der Waals surface area contributed by atoms with Gasteiger partial charge in [0, 0.05) is 5.92 Å². The maximum atomic E-state index is 12.4. The van der Waals surface area contributed by atoms with E-state index in [0.717, 1.165) is 0 Å². The summed E-state index contributed by atoms with van der Waals surface area (Å²) < 4.78 is 12.4. The molecule has 3 heteroatoms. The summed E-state index contributed by atoms with van der Waals surface area (Å²) in [6.45, 7) is 6.23. The van der Waals surface area contributed by atoms with Crippen LogP contribution < -0.4 is 0 Å². The van der Waals surface area contributed by atoms with Crippen molar-refractivity contribution in [3.8, 4) is 0 Å². The Labute approximate surface area is 71.9 Å². The van der Waals surface area contributed by atoms with Gasteiger partial charge in [-0.1, -0.05) is 20.8 Å². The van der Waals surface area contributed by atoms with Gasteiger partial charge in [-0.3, -0.25) is 0 Å². The van der Waals surface area contributed by atoms with Crippen LogP contribution in [0.25, 0.3) is 0 Å². The molecule has 66 valence electrons. The van der Waals surface area contributed by atoms with Crippen molar-refractivity contribution in [1.82, 2.24) is 9.97 Å². The monoisotopic (exact) mass is 168 g/mol. The van der Waals surface area contributed by atoms with E-state index in [-0.39, 0.29) is 11.7 Å². The molecule has 0 aliphatic heterocycles. The molecule has 1 atom stereocenters. The molecule has 0 amide bonds. The smallest absolute Gasteiger partial charge is 0.159 e. The molecule has 0 N–H and O–H groups in total. The molecule has 0 aliphatic rings. The third kappa shape index (κ3) is 2.00. The molecule has 0 saturated heterocycles. The summed E-state index contributed by atoms with van der Waals surface area (Å²) in [5.41, 5.74) is 0. The van der Waals surface area contributed by atoms with Crippen molar-refractivity contribution in [2.24, 2.45) is 5.92 Å². The van der Waals surface area contributed by atoms with Crippen molar-refractivity contribution in [2.75, 3.05) is 0 Å². The fourth-order valence-corrected chi connectivity index (χ4v) is 0.856. The van der Waals surface area contributed by atoms with Crippen LogP contribution in [0, 0.1) is 11.7 Å². The summed E-state index contributed by atoms with van der Waals surface area (Å²) in [5, 5.41) is 0. The Morgan fingerprint density at radius 1 is 1.17 bits per heavy atom. The predicted molar refractivity (Wildman–Crippen MR) is 45.2 cm³/mol. The van der Waals surface area contributed by atoms with E-state index in [1.807, 2.05) is 6.92 Å². The lowest BCUT2D eigenvalue weighted by Crippen LogP contribution is -2.06. The van der Waals surface area contributed by atoms with E-state index in [1.165, 1.54) is 12.4 Å². The molecule has 2 nitrogen and oxygen atoms in total. The highest BCUT2D eigenvalue weighted by Gasteiger charge is 2.12. The molecule has 0 aromatic carbocycles. The second-order valence-corrected chi connectivity index (χ2v) is 3.29. The number of rotatable bonds is 2. The zero-order valence-corrected chi connectivity index (χ0v) is 7.58. The van der Waals surface area contributed by atoms with Gasteiger partial charge in [0.2, 0.25) is 0 Å². The van der Waals surface area contributed by atoms with Crippen molar-refractivity contribution in [3.05, 3.63) is 24.0 Å². The van der Waals surface area contributed by atoms with Crippen molar-refractivity contribution in [1.29, 1.82) is 0 Å². The SMILES string of the molecule is CC(C)[C@H](C)c1ncc(F)cn1. The Hall–Kier alpha value is -0.990. The lowest BCUT2D eigenvalue weighted by atomic mass is 9.97. The fraction of sp³-hybridized carbons (Fsp3) is 0.556. The van der Waals surface area contributed by atoms with Crippen molar-refractivity contribution in [3.63, 3.8) is 0 Å². The lowest BCUT2D eigenvalue weighted by molar-refractivity contribution is 0.503. The topological polar surface area (TPSA) is 25.8 Å². The van der Waals surface area contributed by atoms with Crippen LogP contribution in [0.5, 0.6) is 0 Å². The zero-order chi connectivity index (χ0) is 9.14. The highest BCUT2D eigenvalue weighted by atomic mass is 19.1. The van der Waals surface area contributed by atoms with Gasteiger partial charge in [0.05, 0.1) is 12.4 Å². The van der Waals surface area contributed by atoms with Gasteiger partial charge in [-0.15, -0.1) is 0 Å². The normalized spacial score (nSPS) is 13.4. The summed E-state index contributed by atoms with van der Waals surface area (Å²) in [4.78, 5) is 7.83. The fourth-order valence-electron chi connectivity index (χ4n) is 0.856. The van der Waals surface area contributed by atoms with E-state index >= 15 is 0 Å². The molecule has 12 heavy (non-hydrogen) atoms. The van der Waals surface area contributed by atoms with Gasteiger partial charge < -0.3 is 0 Å². The van der Waals surface area contributed by atoms with Crippen LogP contribution in [0.3, 0.4) is 0 Å². The van der Waals surface area contributed by atoms with Crippen LogP contribution in [-0.2, 0) is 0 Å². The number of halogens is 1. The molecule has 0 saturated carbocycles. The first kappa shape index (κ1) is 9.10. The maximum Gasteiger partial charge on any atom is 0.159 e. The Bertz CT molecular complexity index is 243. The highest BCUT2D eigenvalue weighted by molar-refractivity contribution is 4.97.